The zero-order valence-corrected chi connectivity index (χ0v) is 12.0. The molecule has 0 unspecified atom stereocenters. The Labute approximate surface area is 116 Å². The minimum Gasteiger partial charge on any atom is -0.489 e. The van der Waals surface area contributed by atoms with E-state index in [2.05, 4.69) is 42.8 Å². The number of hydrogen-bond acceptors (Lipinski definition) is 3. The average Bonchev–Trinajstić information content (AvgIpc) is 2.36. The van der Waals surface area contributed by atoms with E-state index in [0.29, 0.717) is 6.61 Å². The van der Waals surface area contributed by atoms with Crippen molar-refractivity contribution in [1.29, 1.82) is 0 Å². The van der Waals surface area contributed by atoms with Gasteiger partial charge in [0.2, 0.25) is 0 Å². The number of hydrogen-bond donors (Lipinski definition) is 1. The van der Waals surface area contributed by atoms with E-state index in [4.69, 9.17) is 4.74 Å². The smallest absolute Gasteiger partial charge is 0.124 e. The first-order chi connectivity index (χ1) is 9.11. The molecule has 0 radical (unpaired) electrons. The lowest BCUT2D eigenvalue weighted by atomic mass is 10.0. The monoisotopic (exact) mass is 260 g/mol. The van der Waals surface area contributed by atoms with Crippen molar-refractivity contribution in [2.75, 3.05) is 26.2 Å². The highest BCUT2D eigenvalue weighted by molar-refractivity contribution is 5.33. The van der Waals surface area contributed by atoms with Crippen molar-refractivity contribution in [1.82, 2.24) is 10.2 Å². The van der Waals surface area contributed by atoms with Crippen LogP contribution < -0.4 is 10.1 Å². The van der Waals surface area contributed by atoms with Gasteiger partial charge in [-0.2, -0.15) is 0 Å². The quantitative estimate of drug-likeness (QED) is 0.823. The lowest BCUT2D eigenvalue weighted by Gasteiger charge is -2.39. The van der Waals surface area contributed by atoms with Crippen LogP contribution in [0, 0.1) is 0 Å². The molecule has 104 valence electrons. The Bertz CT molecular complexity index is 429. The van der Waals surface area contributed by atoms with Gasteiger partial charge in [-0.1, -0.05) is 30.9 Å². The summed E-state index contributed by atoms with van der Waals surface area (Å²) in [6.07, 6.45) is 1.78. The summed E-state index contributed by atoms with van der Waals surface area (Å²) in [5.41, 5.74) is 1.44. The van der Waals surface area contributed by atoms with E-state index >= 15 is 0 Å². The molecule has 1 saturated heterocycles. The van der Waals surface area contributed by atoms with Gasteiger partial charge in [0.25, 0.3) is 0 Å². The average molecular weight is 260 g/mol. The highest BCUT2D eigenvalue weighted by Crippen LogP contribution is 2.21. The largest absolute Gasteiger partial charge is 0.489 e. The molecule has 1 aromatic carbocycles. The highest BCUT2D eigenvalue weighted by Gasteiger charge is 2.25. The molecule has 0 aliphatic carbocycles. The van der Waals surface area contributed by atoms with E-state index in [9.17, 15) is 0 Å². The second-order valence-electron chi connectivity index (χ2n) is 5.73. The van der Waals surface area contributed by atoms with E-state index in [1.165, 1.54) is 5.56 Å². The van der Waals surface area contributed by atoms with Gasteiger partial charge in [0.15, 0.2) is 0 Å². The summed E-state index contributed by atoms with van der Waals surface area (Å²) in [5, 5.41) is 3.54. The van der Waals surface area contributed by atoms with Crippen molar-refractivity contribution < 1.29 is 4.74 Å². The second kappa shape index (κ2) is 6.22. The summed E-state index contributed by atoms with van der Waals surface area (Å²) in [6.45, 7) is 12.9. The number of ether oxygens (including phenoxy) is 1. The van der Waals surface area contributed by atoms with Crippen molar-refractivity contribution in [3.63, 3.8) is 0 Å². The van der Waals surface area contributed by atoms with E-state index in [1.54, 1.807) is 6.08 Å². The van der Waals surface area contributed by atoms with E-state index in [0.717, 1.165) is 31.9 Å². The maximum absolute atomic E-state index is 5.72. The van der Waals surface area contributed by atoms with Gasteiger partial charge >= 0.3 is 0 Å². The minimum absolute atomic E-state index is 0.190. The fourth-order valence-corrected chi connectivity index (χ4v) is 2.55. The molecule has 2 rings (SSSR count). The topological polar surface area (TPSA) is 24.5 Å². The minimum atomic E-state index is 0.190. The molecule has 1 aliphatic rings. The lowest BCUT2D eigenvalue weighted by Crippen LogP contribution is -2.56. The van der Waals surface area contributed by atoms with Crippen molar-refractivity contribution in [2.24, 2.45) is 0 Å². The predicted octanol–water partition coefficient (Wildman–Crippen LogP) is 2.44. The molecule has 1 fully saturated rings. The molecule has 0 saturated carbocycles. The van der Waals surface area contributed by atoms with Gasteiger partial charge in [0.1, 0.15) is 12.4 Å². The van der Waals surface area contributed by atoms with Crippen LogP contribution in [-0.2, 0) is 6.54 Å². The van der Waals surface area contributed by atoms with Crippen LogP contribution in [0.5, 0.6) is 5.75 Å². The summed E-state index contributed by atoms with van der Waals surface area (Å²) >= 11 is 0. The molecule has 1 N–H and O–H groups in total. The fourth-order valence-electron chi connectivity index (χ4n) is 2.55. The molecule has 0 bridgehead atoms. The Hall–Kier alpha value is -1.32. The molecule has 0 amide bonds. The molecule has 3 heteroatoms. The SMILES string of the molecule is C=CCOc1ccccc1CN1CCNC(C)(C)C1. The van der Waals surface area contributed by atoms with Gasteiger partial charge in [-0.05, 0) is 19.9 Å². The Morgan fingerprint density at radius 3 is 2.95 bits per heavy atom. The Morgan fingerprint density at radius 2 is 2.21 bits per heavy atom. The number of nitrogens with one attached hydrogen (secondary N) is 1. The predicted molar refractivity (Wildman–Crippen MR) is 79.5 cm³/mol. The van der Waals surface area contributed by atoms with Crippen LogP contribution in [0.3, 0.4) is 0 Å². The van der Waals surface area contributed by atoms with E-state index in [-0.39, 0.29) is 5.54 Å². The van der Waals surface area contributed by atoms with Crippen LogP contribution in [0.4, 0.5) is 0 Å². The normalized spacial score (nSPS) is 19.1. The van der Waals surface area contributed by atoms with Crippen LogP contribution in [0.25, 0.3) is 0 Å². The van der Waals surface area contributed by atoms with Crippen LogP contribution in [-0.4, -0.2) is 36.7 Å². The number of benzene rings is 1. The third kappa shape index (κ3) is 4.08. The zero-order valence-electron chi connectivity index (χ0n) is 12.0. The van der Waals surface area contributed by atoms with Crippen LogP contribution in [0.1, 0.15) is 19.4 Å². The van der Waals surface area contributed by atoms with Gasteiger partial charge < -0.3 is 10.1 Å². The number of nitrogens with zero attached hydrogens (tertiary/aromatic N) is 1. The van der Waals surface area contributed by atoms with E-state index in [1.807, 2.05) is 12.1 Å². The molecule has 1 heterocycles. The molecule has 0 aromatic heterocycles. The zero-order chi connectivity index (χ0) is 13.7. The first kappa shape index (κ1) is 14.1. The number of piperazine rings is 1. The summed E-state index contributed by atoms with van der Waals surface area (Å²) < 4.78 is 5.72. The van der Waals surface area contributed by atoms with Crippen LogP contribution >= 0.6 is 0 Å². The molecule has 1 aliphatic heterocycles. The van der Waals surface area contributed by atoms with E-state index < -0.39 is 0 Å². The van der Waals surface area contributed by atoms with Crippen molar-refractivity contribution in [2.45, 2.75) is 25.9 Å². The Morgan fingerprint density at radius 1 is 1.42 bits per heavy atom. The van der Waals surface area contributed by atoms with Gasteiger partial charge in [-0.15, -0.1) is 0 Å². The van der Waals surface area contributed by atoms with Gasteiger partial charge in [-0.3, -0.25) is 4.90 Å². The molecular weight excluding hydrogens is 236 g/mol. The molecule has 1 aromatic rings. The van der Waals surface area contributed by atoms with Gasteiger partial charge in [0.05, 0.1) is 0 Å². The Kier molecular flexibility index (Phi) is 4.61. The summed E-state index contributed by atoms with van der Waals surface area (Å²) in [4.78, 5) is 2.48. The molecular formula is C16H24N2O. The summed E-state index contributed by atoms with van der Waals surface area (Å²) in [7, 11) is 0. The third-order valence-electron chi connectivity index (χ3n) is 3.37. The number of para-hydroxylation sites is 1. The first-order valence-corrected chi connectivity index (χ1v) is 6.90. The van der Waals surface area contributed by atoms with Gasteiger partial charge in [-0.25, -0.2) is 0 Å². The van der Waals surface area contributed by atoms with Gasteiger partial charge in [0, 0.05) is 37.3 Å². The van der Waals surface area contributed by atoms with Crippen LogP contribution in [0.2, 0.25) is 0 Å². The highest BCUT2D eigenvalue weighted by atomic mass is 16.5. The van der Waals surface area contributed by atoms with Crippen LogP contribution in [0.15, 0.2) is 36.9 Å². The summed E-state index contributed by atoms with van der Waals surface area (Å²) in [6, 6.07) is 8.27. The molecule has 0 atom stereocenters. The molecule has 19 heavy (non-hydrogen) atoms. The fraction of sp³-hybridized carbons (Fsp3) is 0.500. The standard InChI is InChI=1S/C16H24N2O/c1-4-11-19-15-8-6-5-7-14(15)12-18-10-9-17-16(2,3)13-18/h4-8,17H,1,9-13H2,2-3H3. The van der Waals surface area contributed by atoms with Crippen molar-refractivity contribution >= 4 is 0 Å². The lowest BCUT2D eigenvalue weighted by molar-refractivity contribution is 0.147. The second-order valence-corrected chi connectivity index (χ2v) is 5.73. The molecule has 3 nitrogen and oxygen atoms in total. The Balaban J connectivity index is 2.03. The molecule has 0 spiro atoms. The summed E-state index contributed by atoms with van der Waals surface area (Å²) in [5.74, 6) is 0.971. The third-order valence-corrected chi connectivity index (χ3v) is 3.37. The first-order valence-electron chi connectivity index (χ1n) is 6.90. The maximum atomic E-state index is 5.72. The van der Waals surface area contributed by atoms with Crippen molar-refractivity contribution in [3.8, 4) is 5.75 Å². The number of rotatable bonds is 5. The van der Waals surface area contributed by atoms with Crippen molar-refractivity contribution in [3.05, 3.63) is 42.5 Å². The maximum Gasteiger partial charge on any atom is 0.124 e.